The van der Waals surface area contributed by atoms with Crippen LogP contribution >= 0.6 is 11.3 Å². The first kappa shape index (κ1) is 16.9. The van der Waals surface area contributed by atoms with Crippen LogP contribution in [0.1, 0.15) is 25.1 Å². The molecule has 3 heterocycles. The molecule has 3 rings (SSSR count). The minimum absolute atomic E-state index is 0.0200. The molecule has 128 valence electrons. The third kappa shape index (κ3) is 4.55. The van der Waals surface area contributed by atoms with Gasteiger partial charge >= 0.3 is 0 Å². The number of hydrogen-bond donors (Lipinski definition) is 1. The van der Waals surface area contributed by atoms with Crippen molar-refractivity contribution < 1.29 is 9.53 Å². The average molecular weight is 345 g/mol. The lowest BCUT2D eigenvalue weighted by Crippen LogP contribution is -2.45. The minimum Gasteiger partial charge on any atom is -0.372 e. The van der Waals surface area contributed by atoms with Gasteiger partial charge in [-0.15, -0.1) is 11.3 Å². The number of ether oxygens (including phenoxy) is 1. The third-order valence-electron chi connectivity index (χ3n) is 3.95. The van der Waals surface area contributed by atoms with E-state index in [1.54, 1.807) is 17.5 Å². The highest BCUT2D eigenvalue weighted by atomic mass is 32.1. The zero-order valence-corrected chi connectivity index (χ0v) is 14.9. The molecule has 1 amide bonds. The van der Waals surface area contributed by atoms with E-state index < -0.39 is 0 Å². The van der Waals surface area contributed by atoms with Crippen LogP contribution in [-0.2, 0) is 16.0 Å². The first-order valence-electron chi connectivity index (χ1n) is 8.29. The molecule has 0 bridgehead atoms. The molecule has 0 unspecified atom stereocenters. The Labute approximate surface area is 146 Å². The smallest absolute Gasteiger partial charge is 0.224 e. The molecule has 1 fully saturated rings. The second kappa shape index (κ2) is 7.77. The summed E-state index contributed by atoms with van der Waals surface area (Å²) in [4.78, 5) is 20.0. The van der Waals surface area contributed by atoms with Crippen LogP contribution in [0.4, 0.5) is 11.5 Å². The van der Waals surface area contributed by atoms with E-state index in [1.165, 1.54) is 4.88 Å². The Hall–Kier alpha value is -1.92. The zero-order valence-electron chi connectivity index (χ0n) is 14.1. The lowest BCUT2D eigenvalue weighted by molar-refractivity contribution is -0.116. The predicted molar refractivity (Wildman–Crippen MR) is 97.7 cm³/mol. The minimum atomic E-state index is 0.0200. The fourth-order valence-corrected chi connectivity index (χ4v) is 3.64. The summed E-state index contributed by atoms with van der Waals surface area (Å²) in [6.45, 7) is 5.82. The molecule has 0 aliphatic carbocycles. The molecule has 1 aliphatic rings. The molecule has 1 N–H and O–H groups in total. The van der Waals surface area contributed by atoms with E-state index >= 15 is 0 Å². The van der Waals surface area contributed by atoms with Crippen molar-refractivity contribution in [2.24, 2.45) is 0 Å². The van der Waals surface area contributed by atoms with E-state index in [4.69, 9.17) is 4.74 Å². The van der Waals surface area contributed by atoms with Gasteiger partial charge in [-0.05, 0) is 43.8 Å². The van der Waals surface area contributed by atoms with Crippen LogP contribution in [0.2, 0.25) is 0 Å². The van der Waals surface area contributed by atoms with Crippen molar-refractivity contribution in [3.05, 3.63) is 40.7 Å². The highest BCUT2D eigenvalue weighted by molar-refractivity contribution is 7.09. The number of aryl methyl sites for hydroxylation is 1. The number of amides is 1. The van der Waals surface area contributed by atoms with E-state index in [0.29, 0.717) is 6.42 Å². The van der Waals surface area contributed by atoms with Gasteiger partial charge in [0.1, 0.15) is 5.82 Å². The molecule has 0 saturated carbocycles. The Morgan fingerprint density at radius 2 is 2.12 bits per heavy atom. The lowest BCUT2D eigenvalue weighted by Gasteiger charge is -2.36. The first-order valence-corrected chi connectivity index (χ1v) is 9.17. The summed E-state index contributed by atoms with van der Waals surface area (Å²) in [6.07, 6.45) is 3.39. The average Bonchev–Trinajstić information content (AvgIpc) is 3.06. The number of rotatable bonds is 5. The second-order valence-corrected chi connectivity index (χ2v) is 7.23. The molecular weight excluding hydrogens is 322 g/mol. The Morgan fingerprint density at radius 1 is 1.33 bits per heavy atom. The van der Waals surface area contributed by atoms with Crippen molar-refractivity contribution in [3.63, 3.8) is 0 Å². The van der Waals surface area contributed by atoms with Gasteiger partial charge in [-0.3, -0.25) is 4.79 Å². The van der Waals surface area contributed by atoms with Crippen LogP contribution in [0.25, 0.3) is 0 Å². The maximum atomic E-state index is 12.0. The van der Waals surface area contributed by atoms with Crippen LogP contribution in [0.15, 0.2) is 35.8 Å². The van der Waals surface area contributed by atoms with Gasteiger partial charge in [0, 0.05) is 24.4 Å². The SMILES string of the molecule is C[C@@H]1CN(c2ccc(NC(=O)CCc3cccs3)cn2)C[C@@H](C)O1. The van der Waals surface area contributed by atoms with E-state index in [0.717, 1.165) is 31.0 Å². The third-order valence-corrected chi connectivity index (χ3v) is 4.89. The summed E-state index contributed by atoms with van der Waals surface area (Å²) in [7, 11) is 0. The van der Waals surface area contributed by atoms with Crippen molar-refractivity contribution in [2.45, 2.75) is 38.9 Å². The fourth-order valence-electron chi connectivity index (χ4n) is 2.93. The molecule has 5 nitrogen and oxygen atoms in total. The summed E-state index contributed by atoms with van der Waals surface area (Å²) in [5.41, 5.74) is 0.740. The maximum Gasteiger partial charge on any atom is 0.224 e. The molecule has 1 aliphatic heterocycles. The number of anilines is 2. The number of nitrogens with one attached hydrogen (secondary N) is 1. The molecule has 6 heteroatoms. The van der Waals surface area contributed by atoms with Gasteiger partial charge in [0.05, 0.1) is 24.1 Å². The Morgan fingerprint density at radius 3 is 2.75 bits per heavy atom. The highest BCUT2D eigenvalue weighted by Gasteiger charge is 2.23. The van der Waals surface area contributed by atoms with Crippen molar-refractivity contribution >= 4 is 28.7 Å². The van der Waals surface area contributed by atoms with Gasteiger partial charge in [-0.1, -0.05) is 6.07 Å². The van der Waals surface area contributed by atoms with Crippen molar-refractivity contribution in [1.29, 1.82) is 0 Å². The summed E-state index contributed by atoms with van der Waals surface area (Å²) in [5, 5.41) is 4.94. The van der Waals surface area contributed by atoms with E-state index in [1.807, 2.05) is 23.6 Å². The van der Waals surface area contributed by atoms with Crippen LogP contribution in [-0.4, -0.2) is 36.2 Å². The zero-order chi connectivity index (χ0) is 16.9. The van der Waals surface area contributed by atoms with E-state index in [-0.39, 0.29) is 18.1 Å². The summed E-state index contributed by atoms with van der Waals surface area (Å²) in [5.74, 6) is 0.945. The van der Waals surface area contributed by atoms with Gasteiger partial charge in [0.15, 0.2) is 0 Å². The number of pyridine rings is 1. The molecule has 2 atom stereocenters. The van der Waals surface area contributed by atoms with Gasteiger partial charge in [0.2, 0.25) is 5.91 Å². The quantitative estimate of drug-likeness (QED) is 0.903. The predicted octanol–water partition coefficient (Wildman–Crippen LogP) is 3.33. The fraction of sp³-hybridized carbons (Fsp3) is 0.444. The largest absolute Gasteiger partial charge is 0.372 e. The molecule has 0 spiro atoms. The summed E-state index contributed by atoms with van der Waals surface area (Å²) < 4.78 is 5.75. The molecule has 24 heavy (non-hydrogen) atoms. The maximum absolute atomic E-state index is 12.0. The van der Waals surface area contributed by atoms with Crippen LogP contribution < -0.4 is 10.2 Å². The lowest BCUT2D eigenvalue weighted by atomic mass is 10.2. The number of carbonyl (C=O) groups excluding carboxylic acids is 1. The topological polar surface area (TPSA) is 54.5 Å². The van der Waals surface area contributed by atoms with Crippen LogP contribution in [0.3, 0.4) is 0 Å². The number of morpholine rings is 1. The second-order valence-electron chi connectivity index (χ2n) is 6.19. The van der Waals surface area contributed by atoms with Gasteiger partial charge in [0.25, 0.3) is 0 Å². The summed E-state index contributed by atoms with van der Waals surface area (Å²) >= 11 is 1.68. The van der Waals surface area contributed by atoms with E-state index in [9.17, 15) is 4.79 Å². The normalized spacial score (nSPS) is 20.8. The number of nitrogens with zero attached hydrogens (tertiary/aromatic N) is 2. The van der Waals surface area contributed by atoms with Crippen LogP contribution in [0.5, 0.6) is 0 Å². The molecule has 2 aromatic heterocycles. The van der Waals surface area contributed by atoms with Crippen LogP contribution in [0, 0.1) is 0 Å². The van der Waals surface area contributed by atoms with Gasteiger partial charge in [-0.2, -0.15) is 0 Å². The summed E-state index contributed by atoms with van der Waals surface area (Å²) in [6, 6.07) is 7.93. The molecular formula is C18H23N3O2S. The van der Waals surface area contributed by atoms with Gasteiger partial charge in [-0.25, -0.2) is 4.98 Å². The monoisotopic (exact) mass is 345 g/mol. The Balaban J connectivity index is 1.53. The Kier molecular flexibility index (Phi) is 5.48. The van der Waals surface area contributed by atoms with Gasteiger partial charge < -0.3 is 15.0 Å². The number of aromatic nitrogens is 1. The first-order chi connectivity index (χ1) is 11.6. The Bertz CT molecular complexity index is 647. The van der Waals surface area contributed by atoms with Crippen molar-refractivity contribution in [3.8, 4) is 0 Å². The molecule has 1 saturated heterocycles. The van der Waals surface area contributed by atoms with E-state index in [2.05, 4.69) is 35.1 Å². The van der Waals surface area contributed by atoms with Crippen molar-refractivity contribution in [1.82, 2.24) is 4.98 Å². The van der Waals surface area contributed by atoms with Crippen molar-refractivity contribution in [2.75, 3.05) is 23.3 Å². The standard InChI is InChI=1S/C18H23N3O2S/c1-13-11-21(12-14(2)23-13)17-7-5-15(10-19-17)20-18(22)8-6-16-4-3-9-24-16/h3-5,7,9-10,13-14H,6,8,11-12H2,1-2H3,(H,20,22)/t13-,14-/m1/s1. The number of hydrogen-bond acceptors (Lipinski definition) is 5. The molecule has 0 radical (unpaired) electrons. The number of carbonyl (C=O) groups is 1. The highest BCUT2D eigenvalue weighted by Crippen LogP contribution is 2.20. The molecule has 2 aromatic rings. The molecule has 0 aromatic carbocycles. The number of thiophene rings is 1.